The van der Waals surface area contributed by atoms with Crippen molar-refractivity contribution in [3.63, 3.8) is 0 Å². The summed E-state index contributed by atoms with van der Waals surface area (Å²) in [4.78, 5) is 10.9. The van der Waals surface area contributed by atoms with Gasteiger partial charge in [-0.2, -0.15) is 0 Å². The molecule has 0 radical (unpaired) electrons. The maximum Gasteiger partial charge on any atom is 0.150 e. The molecule has 0 saturated carbocycles. The lowest BCUT2D eigenvalue weighted by molar-refractivity contribution is 0.112. The standard InChI is InChI=1S/C16H17NO2.C6H14.C4H10.C2H6.CH3F/c1-11-3-5-15(16(17)7-11)14-6-4-12(9-18)8-13(14)10-19-2;1-3-5-6-4-2;1-3-4-2;2*1-2/h3-9H,10,17H2,1-2H3;3-6H2,1-2H3;3-4H2,1-2H3;1-2H3;1H3. The minimum atomic E-state index is 0.449. The first kappa shape index (κ1) is 35.4. The second-order valence-corrected chi connectivity index (χ2v) is 7.27. The number of benzene rings is 2. The number of methoxy groups -OCH3 is 1. The van der Waals surface area contributed by atoms with E-state index >= 15 is 0 Å². The van der Waals surface area contributed by atoms with Crippen molar-refractivity contribution < 1.29 is 13.9 Å². The number of rotatable bonds is 8. The lowest BCUT2D eigenvalue weighted by Gasteiger charge is -2.12. The van der Waals surface area contributed by atoms with Crippen molar-refractivity contribution in [1.82, 2.24) is 0 Å². The van der Waals surface area contributed by atoms with Crippen LogP contribution in [0.25, 0.3) is 11.1 Å². The zero-order chi connectivity index (χ0) is 26.1. The summed E-state index contributed by atoms with van der Waals surface area (Å²) in [5.41, 5.74) is 11.5. The molecule has 190 valence electrons. The smallest absolute Gasteiger partial charge is 0.150 e. The van der Waals surface area contributed by atoms with E-state index in [9.17, 15) is 9.18 Å². The van der Waals surface area contributed by atoms with Crippen molar-refractivity contribution >= 4 is 12.0 Å². The highest BCUT2D eigenvalue weighted by Crippen LogP contribution is 2.30. The van der Waals surface area contributed by atoms with Gasteiger partial charge in [0.2, 0.25) is 0 Å². The minimum Gasteiger partial charge on any atom is -0.398 e. The van der Waals surface area contributed by atoms with Crippen LogP contribution in [-0.2, 0) is 11.3 Å². The predicted molar refractivity (Wildman–Crippen MR) is 146 cm³/mol. The number of nitrogen functional groups attached to an aromatic ring is 1. The van der Waals surface area contributed by atoms with Crippen molar-refractivity contribution in [2.45, 2.75) is 93.6 Å². The van der Waals surface area contributed by atoms with E-state index < -0.39 is 0 Å². The summed E-state index contributed by atoms with van der Waals surface area (Å²) in [6.45, 7) is 15.3. The quantitative estimate of drug-likeness (QED) is 0.241. The Morgan fingerprint density at radius 1 is 0.848 bits per heavy atom. The van der Waals surface area contributed by atoms with Gasteiger partial charge in [-0.3, -0.25) is 9.18 Å². The summed E-state index contributed by atoms with van der Waals surface area (Å²) in [7, 11) is 2.13. The Hall–Kier alpha value is -2.20. The van der Waals surface area contributed by atoms with Crippen molar-refractivity contribution in [3.8, 4) is 11.1 Å². The largest absolute Gasteiger partial charge is 0.398 e. The molecule has 0 saturated heterocycles. The van der Waals surface area contributed by atoms with Crippen LogP contribution in [0.1, 0.15) is 102 Å². The molecule has 0 atom stereocenters. The molecule has 0 amide bonds. The molecule has 4 heteroatoms. The van der Waals surface area contributed by atoms with E-state index in [1.54, 1.807) is 13.2 Å². The highest BCUT2D eigenvalue weighted by molar-refractivity contribution is 5.82. The Bertz CT molecular complexity index is 696. The Labute approximate surface area is 203 Å². The number of carbonyl (C=O) groups excluding carboxylic acids is 1. The fourth-order valence-electron chi connectivity index (χ4n) is 2.65. The first-order chi connectivity index (χ1) is 16.0. The Kier molecular flexibility index (Phi) is 27.9. The SMILES string of the molecule is CC.CCCC.CCCCCC.CF.COCc1cc(C=O)ccc1-c1ccc(C)cc1N. The van der Waals surface area contributed by atoms with E-state index in [1.165, 1.54) is 38.5 Å². The first-order valence-corrected chi connectivity index (χ1v) is 12.3. The molecule has 0 aliphatic heterocycles. The number of unbranched alkanes of at least 4 members (excludes halogenated alkanes) is 4. The third-order valence-corrected chi connectivity index (χ3v) is 4.52. The highest BCUT2D eigenvalue weighted by Gasteiger charge is 2.09. The maximum absolute atomic E-state index is 10.9. The third kappa shape index (κ3) is 17.0. The summed E-state index contributed by atoms with van der Waals surface area (Å²) in [6.07, 6.45) is 9.01. The average molecular weight is 464 g/mol. The predicted octanol–water partition coefficient (Wildman–Crippen LogP) is 9.21. The highest BCUT2D eigenvalue weighted by atomic mass is 19.1. The summed E-state index contributed by atoms with van der Waals surface area (Å²) in [5, 5.41) is 0. The van der Waals surface area contributed by atoms with Crippen LogP contribution in [0.2, 0.25) is 0 Å². The number of aryl methyl sites for hydroxylation is 1. The van der Waals surface area contributed by atoms with Gasteiger partial charge in [0.15, 0.2) is 0 Å². The molecular formula is C29H50FNO2. The van der Waals surface area contributed by atoms with Crippen molar-refractivity contribution in [2.75, 3.05) is 20.0 Å². The van der Waals surface area contributed by atoms with Crippen LogP contribution in [-0.4, -0.2) is 20.6 Å². The van der Waals surface area contributed by atoms with Crippen LogP contribution in [0, 0.1) is 6.92 Å². The molecular weight excluding hydrogens is 413 g/mol. The van der Waals surface area contributed by atoms with Gasteiger partial charge >= 0.3 is 0 Å². The Morgan fingerprint density at radius 2 is 1.36 bits per heavy atom. The number of ether oxygens (including phenoxy) is 1. The zero-order valence-electron chi connectivity index (χ0n) is 22.8. The topological polar surface area (TPSA) is 52.3 Å². The number of hydrogen-bond acceptors (Lipinski definition) is 3. The maximum atomic E-state index is 10.9. The molecule has 0 unspecified atom stereocenters. The third-order valence-electron chi connectivity index (χ3n) is 4.52. The van der Waals surface area contributed by atoms with Gasteiger partial charge in [-0.15, -0.1) is 0 Å². The van der Waals surface area contributed by atoms with E-state index in [0.717, 1.165) is 34.2 Å². The van der Waals surface area contributed by atoms with Gasteiger partial charge < -0.3 is 10.5 Å². The number of anilines is 1. The molecule has 0 aliphatic rings. The van der Waals surface area contributed by atoms with Crippen LogP contribution in [0.5, 0.6) is 0 Å². The van der Waals surface area contributed by atoms with Crippen LogP contribution in [0.3, 0.4) is 0 Å². The Morgan fingerprint density at radius 3 is 1.76 bits per heavy atom. The molecule has 33 heavy (non-hydrogen) atoms. The molecule has 0 spiro atoms. The number of nitrogens with two attached hydrogens (primary N) is 1. The van der Waals surface area contributed by atoms with Crippen LogP contribution in [0.4, 0.5) is 10.1 Å². The van der Waals surface area contributed by atoms with E-state index in [1.807, 2.05) is 51.1 Å². The van der Waals surface area contributed by atoms with Gasteiger partial charge in [0.25, 0.3) is 0 Å². The molecule has 2 aromatic rings. The van der Waals surface area contributed by atoms with Gasteiger partial charge in [-0.25, -0.2) is 0 Å². The van der Waals surface area contributed by atoms with Gasteiger partial charge in [0.05, 0.1) is 13.8 Å². The lowest BCUT2D eigenvalue weighted by Crippen LogP contribution is -1.97. The fraction of sp³-hybridized carbons (Fsp3) is 0.552. The number of halogens is 1. The molecule has 0 fully saturated rings. The van der Waals surface area contributed by atoms with Crippen molar-refractivity contribution in [2.24, 2.45) is 0 Å². The Balaban J connectivity index is -0.000000535. The number of carbonyl (C=O) groups is 1. The monoisotopic (exact) mass is 463 g/mol. The molecule has 2 aromatic carbocycles. The van der Waals surface area contributed by atoms with E-state index in [0.29, 0.717) is 19.3 Å². The molecule has 3 nitrogen and oxygen atoms in total. The van der Waals surface area contributed by atoms with E-state index in [-0.39, 0.29) is 0 Å². The van der Waals surface area contributed by atoms with Crippen LogP contribution in [0.15, 0.2) is 36.4 Å². The molecule has 0 aromatic heterocycles. The number of alkyl halides is 1. The van der Waals surface area contributed by atoms with Gasteiger partial charge in [0, 0.05) is 23.9 Å². The first-order valence-electron chi connectivity index (χ1n) is 12.3. The van der Waals surface area contributed by atoms with E-state index in [2.05, 4.69) is 27.7 Å². The summed E-state index contributed by atoms with van der Waals surface area (Å²) in [6, 6.07) is 11.5. The van der Waals surface area contributed by atoms with Crippen LogP contribution < -0.4 is 5.73 Å². The number of hydrogen-bond donors (Lipinski definition) is 1. The molecule has 2 N–H and O–H groups in total. The van der Waals surface area contributed by atoms with Gasteiger partial charge in [-0.05, 0) is 35.7 Å². The normalized spacial score (nSPS) is 8.91. The number of aldehydes is 1. The van der Waals surface area contributed by atoms with Crippen molar-refractivity contribution in [1.29, 1.82) is 0 Å². The average Bonchev–Trinajstić information content (AvgIpc) is 2.86. The molecule has 2 rings (SSSR count). The van der Waals surface area contributed by atoms with Gasteiger partial charge in [-0.1, -0.05) is 104 Å². The van der Waals surface area contributed by atoms with Crippen LogP contribution >= 0.6 is 0 Å². The van der Waals surface area contributed by atoms with Gasteiger partial charge in [0.1, 0.15) is 6.29 Å². The second kappa shape index (κ2) is 26.1. The summed E-state index contributed by atoms with van der Waals surface area (Å²) < 4.78 is 14.7. The minimum absolute atomic E-state index is 0.449. The summed E-state index contributed by atoms with van der Waals surface area (Å²) in [5.74, 6) is 0. The van der Waals surface area contributed by atoms with Crippen molar-refractivity contribution in [3.05, 3.63) is 53.1 Å². The molecule has 0 aliphatic carbocycles. The van der Waals surface area contributed by atoms with E-state index in [4.69, 9.17) is 10.5 Å². The fourth-order valence-corrected chi connectivity index (χ4v) is 2.65. The molecule has 0 bridgehead atoms. The zero-order valence-corrected chi connectivity index (χ0v) is 22.8. The second-order valence-electron chi connectivity index (χ2n) is 7.27. The summed E-state index contributed by atoms with van der Waals surface area (Å²) >= 11 is 0. The molecule has 0 heterocycles. The lowest BCUT2D eigenvalue weighted by atomic mass is 9.96.